The van der Waals surface area contributed by atoms with Crippen molar-refractivity contribution in [2.45, 2.75) is 52.0 Å². The first-order valence-corrected chi connectivity index (χ1v) is 7.84. The van der Waals surface area contributed by atoms with E-state index in [9.17, 15) is 0 Å². The second-order valence-electron chi connectivity index (χ2n) is 6.74. The van der Waals surface area contributed by atoms with Gasteiger partial charge in [-0.1, -0.05) is 51.1 Å². The summed E-state index contributed by atoms with van der Waals surface area (Å²) in [6.45, 7) is 11.6. The van der Waals surface area contributed by atoms with Crippen LogP contribution in [0.15, 0.2) is 30.3 Å². The van der Waals surface area contributed by atoms with Gasteiger partial charge in [-0.3, -0.25) is 0 Å². The van der Waals surface area contributed by atoms with Crippen LogP contribution in [0.4, 0.5) is 0 Å². The molecular weight excluding hydrogens is 264 g/mol. The maximum Gasteiger partial charge on any atom is 0.103 e. The number of hydrogen-bond donors (Lipinski definition) is 1. The van der Waals surface area contributed by atoms with E-state index in [1.165, 1.54) is 10.4 Å². The topological polar surface area (TPSA) is 38.9 Å². The van der Waals surface area contributed by atoms with Crippen LogP contribution in [0.1, 0.15) is 55.8 Å². The van der Waals surface area contributed by atoms with E-state index in [0.717, 1.165) is 10.7 Å². The molecule has 0 bridgehead atoms. The average molecular weight is 288 g/mol. The Kier molecular flexibility index (Phi) is 4.03. The van der Waals surface area contributed by atoms with Crippen molar-refractivity contribution in [1.29, 1.82) is 0 Å². The van der Waals surface area contributed by atoms with Gasteiger partial charge >= 0.3 is 0 Å². The monoisotopic (exact) mass is 288 g/mol. The van der Waals surface area contributed by atoms with Gasteiger partial charge in [-0.25, -0.2) is 4.98 Å². The number of benzene rings is 1. The highest BCUT2D eigenvalue weighted by Gasteiger charge is 2.30. The lowest BCUT2D eigenvalue weighted by molar-refractivity contribution is 0.554. The summed E-state index contributed by atoms with van der Waals surface area (Å²) in [4.78, 5) is 6.14. The zero-order valence-corrected chi connectivity index (χ0v) is 13.8. The summed E-state index contributed by atoms with van der Waals surface area (Å²) >= 11 is 1.75. The molecule has 0 radical (unpaired) electrons. The lowest BCUT2D eigenvalue weighted by Gasteiger charge is -2.23. The van der Waals surface area contributed by atoms with Gasteiger partial charge in [0.1, 0.15) is 5.01 Å². The van der Waals surface area contributed by atoms with Crippen molar-refractivity contribution in [3.05, 3.63) is 51.5 Å². The van der Waals surface area contributed by atoms with Crippen molar-refractivity contribution < 1.29 is 0 Å². The third kappa shape index (κ3) is 2.79. The summed E-state index contributed by atoms with van der Waals surface area (Å²) in [6, 6.07) is 10.5. The molecule has 0 atom stereocenters. The van der Waals surface area contributed by atoms with Crippen LogP contribution in [0.2, 0.25) is 0 Å². The Morgan fingerprint density at radius 2 is 1.65 bits per heavy atom. The second kappa shape index (κ2) is 5.30. The SMILES string of the molecule is CC(C)(C)c1nc(C(C)(C)c2ccccc2)sc1CN. The summed E-state index contributed by atoms with van der Waals surface area (Å²) in [7, 11) is 0. The molecule has 1 aromatic carbocycles. The Morgan fingerprint density at radius 3 is 2.10 bits per heavy atom. The van der Waals surface area contributed by atoms with Gasteiger partial charge in [0, 0.05) is 22.3 Å². The molecular formula is C17H24N2S. The van der Waals surface area contributed by atoms with Gasteiger partial charge in [-0.15, -0.1) is 11.3 Å². The first-order valence-electron chi connectivity index (χ1n) is 7.03. The van der Waals surface area contributed by atoms with E-state index in [4.69, 9.17) is 10.7 Å². The normalized spacial score (nSPS) is 12.7. The quantitative estimate of drug-likeness (QED) is 0.918. The number of nitrogens with zero attached hydrogens (tertiary/aromatic N) is 1. The van der Waals surface area contributed by atoms with E-state index in [1.54, 1.807) is 11.3 Å². The molecule has 2 aromatic rings. The van der Waals surface area contributed by atoms with Crippen LogP contribution in [0.25, 0.3) is 0 Å². The summed E-state index contributed by atoms with van der Waals surface area (Å²) in [6.07, 6.45) is 0. The smallest absolute Gasteiger partial charge is 0.103 e. The average Bonchev–Trinajstić information content (AvgIpc) is 2.84. The highest BCUT2D eigenvalue weighted by molar-refractivity contribution is 7.12. The minimum absolute atomic E-state index is 0.0379. The van der Waals surface area contributed by atoms with Crippen molar-refractivity contribution in [2.75, 3.05) is 0 Å². The second-order valence-corrected chi connectivity index (χ2v) is 7.82. The van der Waals surface area contributed by atoms with Gasteiger partial charge < -0.3 is 5.73 Å². The lowest BCUT2D eigenvalue weighted by Crippen LogP contribution is -2.20. The van der Waals surface area contributed by atoms with Gasteiger partial charge in [0.05, 0.1) is 5.69 Å². The molecule has 0 saturated carbocycles. The fourth-order valence-corrected chi connectivity index (χ4v) is 3.60. The molecule has 1 heterocycles. The molecule has 1 aromatic heterocycles. The molecule has 108 valence electrons. The summed E-state index contributed by atoms with van der Waals surface area (Å²) in [5.41, 5.74) is 8.30. The molecule has 0 spiro atoms. The Hall–Kier alpha value is -1.19. The van der Waals surface area contributed by atoms with Crippen molar-refractivity contribution in [3.63, 3.8) is 0 Å². The van der Waals surface area contributed by atoms with Crippen molar-refractivity contribution in [1.82, 2.24) is 4.98 Å². The van der Waals surface area contributed by atoms with Crippen LogP contribution in [-0.2, 0) is 17.4 Å². The number of thiazole rings is 1. The molecule has 0 aliphatic rings. The number of aromatic nitrogens is 1. The molecule has 3 heteroatoms. The Morgan fingerprint density at radius 1 is 1.05 bits per heavy atom. The third-order valence-corrected chi connectivity index (χ3v) is 5.02. The van der Waals surface area contributed by atoms with Crippen molar-refractivity contribution in [2.24, 2.45) is 5.73 Å². The molecule has 0 fully saturated rings. The summed E-state index contributed by atoms with van der Waals surface area (Å²) in [5, 5.41) is 1.15. The number of nitrogens with two attached hydrogens (primary N) is 1. The Bertz CT molecular complexity index is 577. The molecule has 2 N–H and O–H groups in total. The molecule has 2 nitrogen and oxygen atoms in total. The van der Waals surface area contributed by atoms with E-state index < -0.39 is 0 Å². The van der Waals surface area contributed by atoms with Crippen LogP contribution in [0, 0.1) is 0 Å². The van der Waals surface area contributed by atoms with Gasteiger partial charge in [0.2, 0.25) is 0 Å². The fraction of sp³-hybridized carbons (Fsp3) is 0.471. The Balaban J connectivity index is 2.51. The van der Waals surface area contributed by atoms with E-state index in [0.29, 0.717) is 6.54 Å². The molecule has 0 aliphatic carbocycles. The van der Waals surface area contributed by atoms with Crippen molar-refractivity contribution >= 4 is 11.3 Å². The number of hydrogen-bond acceptors (Lipinski definition) is 3. The van der Waals surface area contributed by atoms with Crippen LogP contribution in [0.3, 0.4) is 0 Å². The molecule has 20 heavy (non-hydrogen) atoms. The minimum Gasteiger partial charge on any atom is -0.326 e. The highest BCUT2D eigenvalue weighted by atomic mass is 32.1. The Labute approximate surface area is 126 Å². The highest BCUT2D eigenvalue weighted by Crippen LogP contribution is 2.38. The molecule has 2 rings (SSSR count). The lowest BCUT2D eigenvalue weighted by atomic mass is 9.85. The first kappa shape index (κ1) is 15.2. The van der Waals surface area contributed by atoms with E-state index in [2.05, 4.69) is 58.9 Å². The zero-order valence-electron chi connectivity index (χ0n) is 13.0. The largest absolute Gasteiger partial charge is 0.326 e. The predicted molar refractivity (Wildman–Crippen MR) is 87.3 cm³/mol. The van der Waals surface area contributed by atoms with Crippen LogP contribution >= 0.6 is 11.3 Å². The summed E-state index contributed by atoms with van der Waals surface area (Å²) in [5.74, 6) is 0. The molecule has 0 unspecified atom stereocenters. The predicted octanol–water partition coefficient (Wildman–Crippen LogP) is 4.23. The standard InChI is InChI=1S/C17H24N2S/c1-16(2,3)14-13(11-18)20-15(19-14)17(4,5)12-9-7-6-8-10-12/h6-10H,11,18H2,1-5H3. The van der Waals surface area contributed by atoms with Gasteiger partial charge in [-0.2, -0.15) is 0 Å². The van der Waals surface area contributed by atoms with Gasteiger partial charge in [0.15, 0.2) is 0 Å². The van der Waals surface area contributed by atoms with E-state index in [1.807, 2.05) is 6.07 Å². The fourth-order valence-electron chi connectivity index (χ4n) is 2.32. The number of rotatable bonds is 3. The van der Waals surface area contributed by atoms with Gasteiger partial charge in [0.25, 0.3) is 0 Å². The maximum atomic E-state index is 5.91. The van der Waals surface area contributed by atoms with Gasteiger partial charge in [-0.05, 0) is 19.4 Å². The van der Waals surface area contributed by atoms with Crippen LogP contribution in [0.5, 0.6) is 0 Å². The molecule has 0 aliphatic heterocycles. The molecule has 0 saturated heterocycles. The minimum atomic E-state index is -0.0840. The molecule has 0 amide bonds. The summed E-state index contributed by atoms with van der Waals surface area (Å²) < 4.78 is 0. The van der Waals surface area contributed by atoms with Crippen LogP contribution < -0.4 is 5.73 Å². The zero-order chi connectivity index (χ0) is 15.0. The first-order chi connectivity index (χ1) is 9.26. The maximum absolute atomic E-state index is 5.91. The van der Waals surface area contributed by atoms with E-state index in [-0.39, 0.29) is 10.8 Å². The van der Waals surface area contributed by atoms with Crippen LogP contribution in [-0.4, -0.2) is 4.98 Å². The van der Waals surface area contributed by atoms with E-state index >= 15 is 0 Å². The third-order valence-electron chi connectivity index (χ3n) is 3.62. The van der Waals surface area contributed by atoms with Crippen molar-refractivity contribution in [3.8, 4) is 0 Å².